The summed E-state index contributed by atoms with van der Waals surface area (Å²) < 4.78 is 83.7. The summed E-state index contributed by atoms with van der Waals surface area (Å²) in [4.78, 5) is 0. The maximum atomic E-state index is 14.4. The monoisotopic (exact) mass is 389 g/mol. The van der Waals surface area contributed by atoms with Crippen LogP contribution in [0.15, 0.2) is 36.4 Å². The fourth-order valence-corrected chi connectivity index (χ4v) is 2.60. The highest BCUT2D eigenvalue weighted by Crippen LogP contribution is 2.39. The van der Waals surface area contributed by atoms with Gasteiger partial charge in [-0.15, -0.1) is 0 Å². The summed E-state index contributed by atoms with van der Waals surface area (Å²) in [5.74, 6) is -6.10. The Morgan fingerprint density at radius 2 is 1.81 bits per heavy atom. The fraction of sp³-hybridized carbons (Fsp3) is 0.235. The molecule has 0 saturated carbocycles. The molecule has 0 spiro atoms. The number of rotatable bonds is 4. The van der Waals surface area contributed by atoms with Crippen molar-refractivity contribution >= 4 is 16.7 Å². The number of hydrogen-bond acceptors (Lipinski definition) is 3. The molecule has 0 unspecified atom stereocenters. The van der Waals surface area contributed by atoms with E-state index < -0.39 is 30.3 Å². The molecule has 4 nitrogen and oxygen atoms in total. The summed E-state index contributed by atoms with van der Waals surface area (Å²) in [6.07, 6.45) is -5.77. The summed E-state index contributed by atoms with van der Waals surface area (Å²) >= 11 is 0. The number of nitrogen functional groups attached to an aromatic ring is 1. The first-order chi connectivity index (χ1) is 12.5. The largest absolute Gasteiger partial charge is 0.486 e. The van der Waals surface area contributed by atoms with Gasteiger partial charge in [0.25, 0.3) is 0 Å². The summed E-state index contributed by atoms with van der Waals surface area (Å²) in [5, 5.41) is 4.60. The Hall–Kier alpha value is -2.91. The molecule has 0 aliphatic carbocycles. The summed E-state index contributed by atoms with van der Waals surface area (Å²) in [7, 11) is 1.60. The Labute approximate surface area is 149 Å². The minimum atomic E-state index is -5.77. The lowest BCUT2D eigenvalue weighted by molar-refractivity contribution is -0.289. The molecule has 3 aromatic rings. The molecule has 1 aromatic heterocycles. The predicted molar refractivity (Wildman–Crippen MR) is 87.0 cm³/mol. The van der Waals surface area contributed by atoms with Crippen LogP contribution in [0.25, 0.3) is 22.0 Å². The summed E-state index contributed by atoms with van der Waals surface area (Å²) in [5.41, 5.74) is 6.25. The van der Waals surface area contributed by atoms with Gasteiger partial charge in [0.1, 0.15) is 11.6 Å². The van der Waals surface area contributed by atoms with Crippen molar-refractivity contribution < 1.29 is 31.1 Å². The highest BCUT2D eigenvalue weighted by atomic mass is 19.4. The molecule has 1 heterocycles. The Morgan fingerprint density at radius 1 is 1.11 bits per heavy atom. The first kappa shape index (κ1) is 18.9. The molecule has 0 bridgehead atoms. The van der Waals surface area contributed by atoms with E-state index >= 15 is 0 Å². The average Bonchev–Trinajstić information content (AvgIpc) is 2.86. The van der Waals surface area contributed by atoms with Gasteiger partial charge in [0.15, 0.2) is 12.4 Å². The molecule has 0 saturated heterocycles. The van der Waals surface area contributed by atoms with Gasteiger partial charge in [0.2, 0.25) is 0 Å². The van der Waals surface area contributed by atoms with Crippen molar-refractivity contribution in [3.05, 3.63) is 42.2 Å². The van der Waals surface area contributed by atoms with Crippen LogP contribution in [-0.2, 0) is 7.05 Å². The number of aryl methyl sites for hydroxylation is 1. The lowest BCUT2D eigenvalue weighted by Gasteiger charge is -2.21. The van der Waals surface area contributed by atoms with Gasteiger partial charge >= 0.3 is 12.1 Å². The van der Waals surface area contributed by atoms with E-state index in [9.17, 15) is 26.3 Å². The van der Waals surface area contributed by atoms with Crippen molar-refractivity contribution in [2.45, 2.75) is 12.1 Å². The Bertz CT molecular complexity index is 996. The van der Waals surface area contributed by atoms with Crippen LogP contribution in [0.5, 0.6) is 5.75 Å². The van der Waals surface area contributed by atoms with Crippen molar-refractivity contribution in [1.29, 1.82) is 0 Å². The van der Waals surface area contributed by atoms with E-state index in [-0.39, 0.29) is 16.9 Å². The zero-order chi connectivity index (χ0) is 20.0. The molecule has 2 aromatic carbocycles. The molecule has 0 atom stereocenters. The quantitative estimate of drug-likeness (QED) is 0.667. The molecule has 2 N–H and O–H groups in total. The highest BCUT2D eigenvalue weighted by molar-refractivity contribution is 5.92. The minimum Gasteiger partial charge on any atom is -0.486 e. The van der Waals surface area contributed by atoms with Crippen LogP contribution in [0, 0.1) is 5.82 Å². The molecule has 0 aliphatic heterocycles. The predicted octanol–water partition coefficient (Wildman–Crippen LogP) is 4.54. The molecule has 0 radical (unpaired) electrons. The molecule has 0 amide bonds. The number of nitrogens with two attached hydrogens (primary N) is 1. The SMILES string of the molecule is Cn1nc(N)c2ccc(-c3c(F)cccc3OCC(F)(F)C(F)(F)F)cc21. The normalized spacial score (nSPS) is 12.6. The second-order valence-corrected chi connectivity index (χ2v) is 5.84. The lowest BCUT2D eigenvalue weighted by Crippen LogP contribution is -2.41. The molecule has 0 aliphatic rings. The first-order valence-corrected chi connectivity index (χ1v) is 7.60. The Balaban J connectivity index is 2.03. The Kier molecular flexibility index (Phi) is 4.44. The zero-order valence-corrected chi connectivity index (χ0v) is 13.8. The number of benzene rings is 2. The van der Waals surface area contributed by atoms with Crippen LogP contribution in [0.3, 0.4) is 0 Å². The van der Waals surface area contributed by atoms with E-state index in [1.807, 2.05) is 0 Å². The molecule has 10 heteroatoms. The molecular weight excluding hydrogens is 376 g/mol. The van der Waals surface area contributed by atoms with E-state index in [1.165, 1.54) is 16.8 Å². The maximum absolute atomic E-state index is 14.4. The van der Waals surface area contributed by atoms with Gasteiger partial charge in [-0.3, -0.25) is 4.68 Å². The second kappa shape index (κ2) is 6.36. The average molecular weight is 389 g/mol. The van der Waals surface area contributed by atoms with Crippen LogP contribution in [0.1, 0.15) is 0 Å². The van der Waals surface area contributed by atoms with E-state index in [1.54, 1.807) is 13.1 Å². The van der Waals surface area contributed by atoms with Crippen LogP contribution >= 0.6 is 0 Å². The Morgan fingerprint density at radius 3 is 2.48 bits per heavy atom. The second-order valence-electron chi connectivity index (χ2n) is 5.84. The number of halogens is 6. The third-order valence-corrected chi connectivity index (χ3v) is 3.97. The van der Waals surface area contributed by atoms with E-state index in [4.69, 9.17) is 5.73 Å². The van der Waals surface area contributed by atoms with Gasteiger partial charge in [-0.1, -0.05) is 12.1 Å². The van der Waals surface area contributed by atoms with Crippen LogP contribution in [0.4, 0.5) is 32.2 Å². The smallest absolute Gasteiger partial charge is 0.456 e. The molecule has 0 fully saturated rings. The minimum absolute atomic E-state index is 0.217. The number of aromatic nitrogens is 2. The molecular formula is C17H13F6N3O. The topological polar surface area (TPSA) is 53.1 Å². The summed E-state index contributed by atoms with van der Waals surface area (Å²) in [6.45, 7) is -1.96. The van der Waals surface area contributed by atoms with Crippen LogP contribution in [-0.4, -0.2) is 28.5 Å². The van der Waals surface area contributed by atoms with Gasteiger partial charge < -0.3 is 10.5 Å². The van der Waals surface area contributed by atoms with E-state index in [0.717, 1.165) is 18.2 Å². The number of ether oxygens (including phenoxy) is 1. The maximum Gasteiger partial charge on any atom is 0.456 e. The standard InChI is InChI=1S/C17H13F6N3O/c1-26-12-7-9(5-6-10(12)15(24)25-26)14-11(18)3-2-4-13(14)27-8-16(19,20)17(21,22)23/h2-7H,8H2,1H3,(H2,24,25). The van der Waals surface area contributed by atoms with Gasteiger partial charge in [0.05, 0.1) is 11.1 Å². The molecule has 3 rings (SSSR count). The first-order valence-electron chi connectivity index (χ1n) is 7.60. The highest BCUT2D eigenvalue weighted by Gasteiger charge is 2.58. The molecule has 27 heavy (non-hydrogen) atoms. The number of anilines is 1. The fourth-order valence-electron chi connectivity index (χ4n) is 2.60. The number of hydrogen-bond donors (Lipinski definition) is 1. The zero-order valence-electron chi connectivity index (χ0n) is 13.8. The van der Waals surface area contributed by atoms with E-state index in [2.05, 4.69) is 9.84 Å². The van der Waals surface area contributed by atoms with Crippen molar-refractivity contribution in [3.63, 3.8) is 0 Å². The van der Waals surface area contributed by atoms with Crippen LogP contribution < -0.4 is 10.5 Å². The number of alkyl halides is 5. The number of fused-ring (bicyclic) bond motifs is 1. The van der Waals surface area contributed by atoms with Gasteiger partial charge in [-0.25, -0.2) is 4.39 Å². The lowest BCUT2D eigenvalue weighted by atomic mass is 10.0. The van der Waals surface area contributed by atoms with E-state index in [0.29, 0.717) is 10.9 Å². The van der Waals surface area contributed by atoms with Crippen LogP contribution in [0.2, 0.25) is 0 Å². The van der Waals surface area contributed by atoms with Crippen molar-refractivity contribution in [1.82, 2.24) is 9.78 Å². The number of nitrogens with zero attached hydrogens (tertiary/aromatic N) is 2. The summed E-state index contributed by atoms with van der Waals surface area (Å²) in [6, 6.07) is 7.81. The van der Waals surface area contributed by atoms with Gasteiger partial charge in [0, 0.05) is 12.4 Å². The van der Waals surface area contributed by atoms with Crippen molar-refractivity contribution in [2.24, 2.45) is 7.05 Å². The third kappa shape index (κ3) is 3.38. The third-order valence-electron chi connectivity index (χ3n) is 3.97. The van der Waals surface area contributed by atoms with Crippen molar-refractivity contribution in [3.8, 4) is 16.9 Å². The van der Waals surface area contributed by atoms with Gasteiger partial charge in [-0.2, -0.15) is 27.1 Å². The van der Waals surface area contributed by atoms with Crippen molar-refractivity contribution in [2.75, 3.05) is 12.3 Å². The van der Waals surface area contributed by atoms with Gasteiger partial charge in [-0.05, 0) is 29.8 Å². The molecule has 144 valence electrons.